The number of nitrogens with zero attached hydrogens (tertiary/aromatic N) is 4. The number of aromatic nitrogens is 4. The first-order valence-corrected chi connectivity index (χ1v) is 13.0. The van der Waals surface area contributed by atoms with Crippen LogP contribution in [0.1, 0.15) is 57.8 Å². The lowest BCUT2D eigenvalue weighted by molar-refractivity contribution is 0.0637. The number of fused-ring (bicyclic) bond motifs is 2. The van der Waals surface area contributed by atoms with Crippen LogP contribution in [0.5, 0.6) is 5.75 Å². The van der Waals surface area contributed by atoms with Crippen molar-refractivity contribution in [2.75, 3.05) is 18.5 Å². The second kappa shape index (κ2) is 11.0. The molecule has 12 heteroatoms. The number of aromatic amines is 1. The zero-order valence-corrected chi connectivity index (χ0v) is 22.4. The van der Waals surface area contributed by atoms with E-state index in [0.29, 0.717) is 41.1 Å². The van der Waals surface area contributed by atoms with Crippen molar-refractivity contribution in [3.63, 3.8) is 0 Å². The molecule has 0 atom stereocenters. The van der Waals surface area contributed by atoms with Gasteiger partial charge in [0.25, 0.3) is 17.7 Å². The minimum atomic E-state index is -0.423. The summed E-state index contributed by atoms with van der Waals surface area (Å²) < 4.78 is 7.31. The van der Waals surface area contributed by atoms with E-state index in [-0.39, 0.29) is 42.2 Å². The predicted molar refractivity (Wildman–Crippen MR) is 147 cm³/mol. The van der Waals surface area contributed by atoms with E-state index in [2.05, 4.69) is 25.8 Å². The molecule has 4 aromatic rings. The van der Waals surface area contributed by atoms with Crippen molar-refractivity contribution in [3.05, 3.63) is 81.5 Å². The molecule has 0 saturated heterocycles. The standard InChI is InChI=1S/C28H29N7O5/c1-4-40-24-21(36)14-19(35-12-11-34(16(2)3)28(39)23(24)35)15-30-26(37)17-7-5-8-18(13-17)31-27(38)22-20-9-6-10-29-25(20)33-32-22/h5-10,13-14,16H,4,11-12,15H2,1-3H3,(H,30,37)(H,31,38)(H,29,32,33). The van der Waals surface area contributed by atoms with Crippen molar-refractivity contribution < 1.29 is 19.1 Å². The van der Waals surface area contributed by atoms with Crippen LogP contribution in [-0.2, 0) is 13.1 Å². The minimum absolute atomic E-state index is 0.0200. The lowest BCUT2D eigenvalue weighted by Crippen LogP contribution is -2.46. The van der Waals surface area contributed by atoms with Gasteiger partial charge in [-0.05, 0) is 51.1 Å². The van der Waals surface area contributed by atoms with Crippen molar-refractivity contribution in [2.45, 2.75) is 39.9 Å². The highest BCUT2D eigenvalue weighted by Crippen LogP contribution is 2.24. The second-order valence-corrected chi connectivity index (χ2v) is 9.55. The summed E-state index contributed by atoms with van der Waals surface area (Å²) in [5, 5.41) is 12.9. The van der Waals surface area contributed by atoms with Gasteiger partial charge in [-0.15, -0.1) is 0 Å². The summed E-state index contributed by atoms with van der Waals surface area (Å²) in [5.41, 5.74) is 1.69. The van der Waals surface area contributed by atoms with E-state index in [9.17, 15) is 19.2 Å². The molecule has 0 unspecified atom stereocenters. The zero-order chi connectivity index (χ0) is 28.4. The highest BCUT2D eigenvalue weighted by molar-refractivity contribution is 6.11. The van der Waals surface area contributed by atoms with E-state index in [1.807, 2.05) is 13.8 Å². The first kappa shape index (κ1) is 26.6. The molecule has 1 aromatic carbocycles. The van der Waals surface area contributed by atoms with Crippen LogP contribution >= 0.6 is 0 Å². The summed E-state index contributed by atoms with van der Waals surface area (Å²) in [5.74, 6) is -1.08. The van der Waals surface area contributed by atoms with Crippen molar-refractivity contribution in [1.82, 2.24) is 30.0 Å². The van der Waals surface area contributed by atoms with E-state index >= 15 is 0 Å². The van der Waals surface area contributed by atoms with Crippen molar-refractivity contribution in [2.24, 2.45) is 0 Å². The van der Waals surface area contributed by atoms with Gasteiger partial charge >= 0.3 is 0 Å². The van der Waals surface area contributed by atoms with Crippen LogP contribution in [0, 0.1) is 0 Å². The first-order chi connectivity index (χ1) is 19.3. The Labute approximate surface area is 229 Å². The number of H-pyrrole nitrogens is 1. The Morgan fingerprint density at radius 3 is 2.70 bits per heavy atom. The highest BCUT2D eigenvalue weighted by atomic mass is 16.5. The fraction of sp³-hybridized carbons (Fsp3) is 0.286. The number of benzene rings is 1. The summed E-state index contributed by atoms with van der Waals surface area (Å²) >= 11 is 0. The molecule has 12 nitrogen and oxygen atoms in total. The van der Waals surface area contributed by atoms with Crippen molar-refractivity contribution in [3.8, 4) is 5.75 Å². The number of rotatable bonds is 8. The molecule has 0 saturated carbocycles. The molecule has 0 fully saturated rings. The third kappa shape index (κ3) is 5.03. The van der Waals surface area contributed by atoms with Crippen LogP contribution in [0.2, 0.25) is 0 Å². The lowest BCUT2D eigenvalue weighted by Gasteiger charge is -2.34. The summed E-state index contributed by atoms with van der Waals surface area (Å²) in [6.45, 7) is 6.79. The number of amides is 3. The fourth-order valence-corrected chi connectivity index (χ4v) is 4.74. The van der Waals surface area contributed by atoms with E-state index in [0.717, 1.165) is 0 Å². The van der Waals surface area contributed by atoms with Gasteiger partial charge < -0.3 is 24.8 Å². The molecule has 3 N–H and O–H groups in total. The molecule has 40 heavy (non-hydrogen) atoms. The number of pyridine rings is 2. The van der Waals surface area contributed by atoms with Crippen LogP contribution in [0.25, 0.3) is 11.0 Å². The van der Waals surface area contributed by atoms with Gasteiger partial charge in [0.15, 0.2) is 17.1 Å². The average Bonchev–Trinajstić information content (AvgIpc) is 3.38. The van der Waals surface area contributed by atoms with Crippen LogP contribution in [0.4, 0.5) is 5.69 Å². The quantitative estimate of drug-likeness (QED) is 0.309. The summed E-state index contributed by atoms with van der Waals surface area (Å²) in [6, 6.07) is 11.3. The van der Waals surface area contributed by atoms with Gasteiger partial charge in [-0.2, -0.15) is 5.10 Å². The third-order valence-electron chi connectivity index (χ3n) is 6.66. The van der Waals surface area contributed by atoms with Gasteiger partial charge in [0, 0.05) is 48.3 Å². The Kier molecular flexibility index (Phi) is 7.32. The summed E-state index contributed by atoms with van der Waals surface area (Å²) in [4.78, 5) is 57.8. The Morgan fingerprint density at radius 1 is 1.10 bits per heavy atom. The number of carbonyl (C=O) groups excluding carboxylic acids is 3. The van der Waals surface area contributed by atoms with Crippen LogP contribution in [0.15, 0.2) is 53.5 Å². The predicted octanol–water partition coefficient (Wildman–Crippen LogP) is 2.56. The lowest BCUT2D eigenvalue weighted by atomic mass is 10.1. The highest BCUT2D eigenvalue weighted by Gasteiger charge is 2.32. The fourth-order valence-electron chi connectivity index (χ4n) is 4.74. The number of carbonyl (C=O) groups is 3. The van der Waals surface area contributed by atoms with Gasteiger partial charge in [-0.3, -0.25) is 24.3 Å². The summed E-state index contributed by atoms with van der Waals surface area (Å²) in [7, 11) is 0. The summed E-state index contributed by atoms with van der Waals surface area (Å²) in [6.07, 6.45) is 1.59. The number of nitrogens with one attached hydrogen (secondary N) is 3. The van der Waals surface area contributed by atoms with E-state index in [1.165, 1.54) is 6.07 Å². The van der Waals surface area contributed by atoms with Crippen LogP contribution in [0.3, 0.4) is 0 Å². The zero-order valence-electron chi connectivity index (χ0n) is 22.4. The molecule has 0 spiro atoms. The van der Waals surface area contributed by atoms with E-state index < -0.39 is 17.2 Å². The van der Waals surface area contributed by atoms with Crippen molar-refractivity contribution in [1.29, 1.82) is 0 Å². The maximum atomic E-state index is 13.3. The Bertz CT molecular complexity index is 1670. The van der Waals surface area contributed by atoms with Crippen LogP contribution in [-0.4, -0.2) is 61.6 Å². The molecule has 4 heterocycles. The molecule has 3 aromatic heterocycles. The van der Waals surface area contributed by atoms with Gasteiger partial charge in [-0.1, -0.05) is 6.07 Å². The molecule has 0 aliphatic carbocycles. The number of ether oxygens (including phenoxy) is 1. The Hall–Kier alpha value is -5.00. The molecule has 0 bridgehead atoms. The van der Waals surface area contributed by atoms with Gasteiger partial charge in [-0.25, -0.2) is 4.98 Å². The SMILES string of the molecule is CCOc1c2n(c(CNC(=O)c3cccc(NC(=O)c4[nH]nc5ncccc45)c3)cc1=O)CCN(C(C)C)C2=O. The van der Waals surface area contributed by atoms with Gasteiger partial charge in [0.2, 0.25) is 5.43 Å². The molecular formula is C28H29N7O5. The van der Waals surface area contributed by atoms with E-state index in [1.54, 1.807) is 59.0 Å². The maximum absolute atomic E-state index is 13.3. The molecule has 206 valence electrons. The molecule has 0 radical (unpaired) electrons. The van der Waals surface area contributed by atoms with Gasteiger partial charge in [0.1, 0.15) is 5.69 Å². The number of hydrogen-bond acceptors (Lipinski definition) is 7. The minimum Gasteiger partial charge on any atom is -0.488 e. The molecule has 5 rings (SSSR count). The number of anilines is 1. The van der Waals surface area contributed by atoms with E-state index in [4.69, 9.17) is 4.74 Å². The first-order valence-electron chi connectivity index (χ1n) is 13.0. The number of hydrogen-bond donors (Lipinski definition) is 3. The molecule has 1 aliphatic rings. The van der Waals surface area contributed by atoms with Crippen LogP contribution < -0.4 is 20.8 Å². The third-order valence-corrected chi connectivity index (χ3v) is 6.66. The van der Waals surface area contributed by atoms with Gasteiger partial charge in [0.05, 0.1) is 18.5 Å². The monoisotopic (exact) mass is 543 g/mol. The second-order valence-electron chi connectivity index (χ2n) is 9.55. The average molecular weight is 544 g/mol. The smallest absolute Gasteiger partial charge is 0.274 e. The van der Waals surface area contributed by atoms with Crippen molar-refractivity contribution >= 4 is 34.4 Å². The molecular weight excluding hydrogens is 514 g/mol. The molecule has 1 aliphatic heterocycles. The maximum Gasteiger partial charge on any atom is 0.274 e. The Balaban J connectivity index is 1.34. The molecule has 3 amide bonds. The topological polar surface area (TPSA) is 151 Å². The largest absolute Gasteiger partial charge is 0.488 e. The Morgan fingerprint density at radius 2 is 1.93 bits per heavy atom. The normalized spacial score (nSPS) is 12.9.